The quantitative estimate of drug-likeness (QED) is 0.519. The molecule has 2 heterocycles. The number of nitrogens with one attached hydrogen (secondary N) is 2. The number of amides is 4. The van der Waals surface area contributed by atoms with Gasteiger partial charge in [-0.1, -0.05) is 11.6 Å². The number of benzene rings is 1. The number of carbonyl (C=O) groups is 3. The number of quaternary nitrogens is 1. The normalized spacial score (nSPS) is 18.0. The van der Waals surface area contributed by atoms with E-state index in [2.05, 4.69) is 17.7 Å². The standard InChI is InChI=1S/C19H22ClN5O3S/c1-25(9-7-15(21)26)8-6-13-14(10-25)29-18(16(13)17(22)27)24-19(28)23-12-4-2-11(20)3-5-12/h2-5H,6-10H2,1H3,(H5-,21,22,23,24,26,27,28)/p+1. The van der Waals surface area contributed by atoms with E-state index in [-0.39, 0.29) is 5.91 Å². The monoisotopic (exact) mass is 436 g/mol. The lowest BCUT2D eigenvalue weighted by Crippen LogP contribution is -2.48. The molecule has 10 heteroatoms. The van der Waals surface area contributed by atoms with Crippen LogP contribution in [-0.4, -0.2) is 42.5 Å². The van der Waals surface area contributed by atoms with Gasteiger partial charge in [-0.3, -0.25) is 14.9 Å². The zero-order chi connectivity index (χ0) is 21.2. The van der Waals surface area contributed by atoms with Crippen molar-refractivity contribution in [1.82, 2.24) is 0 Å². The lowest BCUT2D eigenvalue weighted by Gasteiger charge is -2.37. The number of nitrogens with two attached hydrogens (primary N) is 2. The van der Waals surface area contributed by atoms with Crippen LogP contribution in [0.25, 0.3) is 0 Å². The molecule has 0 fully saturated rings. The number of urea groups is 1. The Kier molecular flexibility index (Phi) is 6.11. The number of primary amides is 2. The Bertz CT molecular complexity index is 959. The molecule has 6 N–H and O–H groups in total. The maximum Gasteiger partial charge on any atom is 0.324 e. The van der Waals surface area contributed by atoms with Gasteiger partial charge in [-0.25, -0.2) is 4.79 Å². The van der Waals surface area contributed by atoms with Crippen LogP contribution in [0.5, 0.6) is 0 Å². The first kappa shape index (κ1) is 21.1. The molecule has 1 atom stereocenters. The van der Waals surface area contributed by atoms with E-state index in [0.717, 1.165) is 17.0 Å². The fourth-order valence-corrected chi connectivity index (χ4v) is 4.98. The summed E-state index contributed by atoms with van der Waals surface area (Å²) in [5.74, 6) is -0.905. The van der Waals surface area contributed by atoms with Gasteiger partial charge in [-0.15, -0.1) is 11.3 Å². The van der Waals surface area contributed by atoms with Gasteiger partial charge in [-0.2, -0.15) is 0 Å². The minimum Gasteiger partial charge on any atom is -0.369 e. The predicted octanol–water partition coefficient (Wildman–Crippen LogP) is 2.52. The Morgan fingerprint density at radius 2 is 1.86 bits per heavy atom. The summed E-state index contributed by atoms with van der Waals surface area (Å²) in [6.45, 7) is 2.03. The maximum absolute atomic E-state index is 12.4. The molecule has 1 aromatic heterocycles. The highest BCUT2D eigenvalue weighted by molar-refractivity contribution is 7.17. The molecule has 0 saturated heterocycles. The summed E-state index contributed by atoms with van der Waals surface area (Å²) >= 11 is 7.19. The first-order valence-corrected chi connectivity index (χ1v) is 10.3. The van der Waals surface area contributed by atoms with Crippen molar-refractivity contribution >= 4 is 51.5 Å². The third kappa shape index (κ3) is 5.06. The fourth-order valence-electron chi connectivity index (χ4n) is 3.43. The Labute approximate surface area is 177 Å². The van der Waals surface area contributed by atoms with Crippen molar-refractivity contribution in [1.29, 1.82) is 0 Å². The van der Waals surface area contributed by atoms with E-state index >= 15 is 0 Å². The van der Waals surface area contributed by atoms with Crippen molar-refractivity contribution in [3.05, 3.63) is 45.3 Å². The van der Waals surface area contributed by atoms with E-state index in [1.807, 2.05) is 0 Å². The van der Waals surface area contributed by atoms with Crippen LogP contribution in [0.1, 0.15) is 27.2 Å². The van der Waals surface area contributed by atoms with Crippen LogP contribution in [0.2, 0.25) is 5.02 Å². The molecule has 154 valence electrons. The molecule has 1 aromatic carbocycles. The van der Waals surface area contributed by atoms with E-state index in [0.29, 0.717) is 51.7 Å². The van der Waals surface area contributed by atoms with Crippen LogP contribution in [0.3, 0.4) is 0 Å². The van der Waals surface area contributed by atoms with Gasteiger partial charge in [-0.05, 0) is 29.8 Å². The van der Waals surface area contributed by atoms with E-state index < -0.39 is 11.9 Å². The zero-order valence-electron chi connectivity index (χ0n) is 16.0. The lowest BCUT2D eigenvalue weighted by atomic mass is 10.0. The van der Waals surface area contributed by atoms with Crippen molar-refractivity contribution in [2.45, 2.75) is 19.4 Å². The zero-order valence-corrected chi connectivity index (χ0v) is 17.5. The molecule has 0 spiro atoms. The molecule has 0 radical (unpaired) electrons. The van der Waals surface area contributed by atoms with Crippen molar-refractivity contribution < 1.29 is 18.9 Å². The van der Waals surface area contributed by atoms with Gasteiger partial charge >= 0.3 is 6.03 Å². The average Bonchev–Trinajstić information content (AvgIpc) is 2.98. The molecule has 2 aromatic rings. The van der Waals surface area contributed by atoms with Gasteiger partial charge in [0.15, 0.2) is 0 Å². The smallest absolute Gasteiger partial charge is 0.324 e. The summed E-state index contributed by atoms with van der Waals surface area (Å²) in [6.07, 6.45) is 0.939. The summed E-state index contributed by atoms with van der Waals surface area (Å²) in [5, 5.41) is 6.44. The van der Waals surface area contributed by atoms with Crippen LogP contribution in [0.4, 0.5) is 15.5 Å². The number of likely N-dealkylation sites (N-methyl/N-ethyl adjacent to an activating group) is 1. The molecular weight excluding hydrogens is 414 g/mol. The van der Waals surface area contributed by atoms with Crippen LogP contribution in [-0.2, 0) is 17.8 Å². The minimum absolute atomic E-state index is 0.300. The number of hydrogen-bond acceptors (Lipinski definition) is 4. The number of hydrogen-bond donors (Lipinski definition) is 4. The van der Waals surface area contributed by atoms with Gasteiger partial charge < -0.3 is 21.3 Å². The number of anilines is 2. The van der Waals surface area contributed by atoms with Gasteiger partial charge in [0.2, 0.25) is 5.91 Å². The fraction of sp³-hybridized carbons (Fsp3) is 0.316. The van der Waals surface area contributed by atoms with E-state index in [1.54, 1.807) is 24.3 Å². The number of thiophene rings is 1. The SMILES string of the molecule is C[N+]1(CCC(N)=O)CCc2c(sc(NC(=O)Nc3ccc(Cl)cc3)c2C(N)=O)C1. The highest BCUT2D eigenvalue weighted by Crippen LogP contribution is 2.38. The van der Waals surface area contributed by atoms with Crippen LogP contribution < -0.4 is 22.1 Å². The molecule has 1 aliphatic heterocycles. The van der Waals surface area contributed by atoms with Crippen molar-refractivity contribution in [2.75, 3.05) is 30.8 Å². The number of rotatable bonds is 6. The molecular formula is C19H23ClN5O3S+. The summed E-state index contributed by atoms with van der Waals surface area (Å²) in [6, 6.07) is 6.22. The Balaban J connectivity index is 1.79. The Morgan fingerprint density at radius 3 is 2.48 bits per heavy atom. The van der Waals surface area contributed by atoms with Crippen LogP contribution in [0, 0.1) is 0 Å². The summed E-state index contributed by atoms with van der Waals surface area (Å²) < 4.78 is 0.644. The maximum atomic E-state index is 12.4. The first-order chi connectivity index (χ1) is 13.7. The Morgan fingerprint density at radius 1 is 1.17 bits per heavy atom. The number of halogens is 1. The molecule has 3 rings (SSSR count). The summed E-state index contributed by atoms with van der Waals surface area (Å²) in [5.41, 5.74) is 12.7. The van der Waals surface area contributed by atoms with Crippen LogP contribution in [0.15, 0.2) is 24.3 Å². The predicted molar refractivity (Wildman–Crippen MR) is 114 cm³/mol. The lowest BCUT2D eigenvalue weighted by molar-refractivity contribution is -0.923. The second-order valence-electron chi connectivity index (χ2n) is 7.35. The minimum atomic E-state index is -0.572. The number of nitrogens with zero attached hydrogens (tertiary/aromatic N) is 1. The average molecular weight is 437 g/mol. The first-order valence-electron chi connectivity index (χ1n) is 9.06. The third-order valence-corrected chi connectivity index (χ3v) is 6.38. The second kappa shape index (κ2) is 8.40. The summed E-state index contributed by atoms with van der Waals surface area (Å²) in [4.78, 5) is 36.6. The van der Waals surface area contributed by atoms with Crippen molar-refractivity contribution in [2.24, 2.45) is 11.5 Å². The van der Waals surface area contributed by atoms with E-state index in [9.17, 15) is 14.4 Å². The van der Waals surface area contributed by atoms with Crippen LogP contribution >= 0.6 is 22.9 Å². The number of fused-ring (bicyclic) bond motifs is 1. The summed E-state index contributed by atoms with van der Waals surface area (Å²) in [7, 11) is 2.05. The molecule has 0 bridgehead atoms. The van der Waals surface area contributed by atoms with Gasteiger partial charge in [0.1, 0.15) is 11.5 Å². The number of carbonyl (C=O) groups excluding carboxylic acids is 3. The highest BCUT2D eigenvalue weighted by Gasteiger charge is 2.34. The largest absolute Gasteiger partial charge is 0.369 e. The second-order valence-corrected chi connectivity index (χ2v) is 8.89. The molecule has 4 amide bonds. The van der Waals surface area contributed by atoms with Crippen molar-refractivity contribution in [3.8, 4) is 0 Å². The van der Waals surface area contributed by atoms with Crippen molar-refractivity contribution in [3.63, 3.8) is 0 Å². The molecule has 1 aliphatic rings. The molecule has 0 aliphatic carbocycles. The third-order valence-electron chi connectivity index (χ3n) is 4.99. The van der Waals surface area contributed by atoms with Gasteiger partial charge in [0, 0.05) is 17.1 Å². The molecule has 8 nitrogen and oxygen atoms in total. The Hall–Kier alpha value is -2.62. The van der Waals surface area contributed by atoms with E-state index in [4.69, 9.17) is 23.1 Å². The topological polar surface area (TPSA) is 127 Å². The van der Waals surface area contributed by atoms with E-state index in [1.165, 1.54) is 11.3 Å². The molecule has 1 unspecified atom stereocenters. The molecule has 0 saturated carbocycles. The highest BCUT2D eigenvalue weighted by atomic mass is 35.5. The van der Waals surface area contributed by atoms with Gasteiger partial charge in [0.25, 0.3) is 5.91 Å². The van der Waals surface area contributed by atoms with Gasteiger partial charge in [0.05, 0.1) is 37.0 Å². The molecule has 29 heavy (non-hydrogen) atoms.